The second-order valence-electron chi connectivity index (χ2n) is 5.21. The molecule has 0 spiro atoms. The molecular weight excluding hydrogens is 366 g/mol. The normalized spacial score (nSPS) is 10.8. The lowest BCUT2D eigenvalue weighted by Crippen LogP contribution is -2.15. The van der Waals surface area contributed by atoms with E-state index in [1.54, 1.807) is 31.2 Å². The number of halogens is 1. The standard InChI is InChI=1S/C16H12ClN3O4S/c1-9-2-4-11(13(6-9)20(22)23)18-15(21)8-25-16-19-12-7-10(17)3-5-14(12)24-16/h2-7H,8H2,1H3,(H,18,21). The van der Waals surface area contributed by atoms with Crippen molar-refractivity contribution in [3.05, 3.63) is 57.1 Å². The van der Waals surface area contributed by atoms with Crippen LogP contribution in [0.4, 0.5) is 11.4 Å². The molecule has 1 amide bonds. The number of benzene rings is 2. The summed E-state index contributed by atoms with van der Waals surface area (Å²) in [6.45, 7) is 1.74. The van der Waals surface area contributed by atoms with Crippen LogP contribution in [0.3, 0.4) is 0 Å². The summed E-state index contributed by atoms with van der Waals surface area (Å²) < 4.78 is 5.51. The third kappa shape index (κ3) is 4.09. The van der Waals surface area contributed by atoms with Crippen molar-refractivity contribution >= 4 is 51.7 Å². The number of aromatic nitrogens is 1. The fourth-order valence-corrected chi connectivity index (χ4v) is 2.96. The first-order valence-corrected chi connectivity index (χ1v) is 8.52. The number of nitrogens with one attached hydrogen (secondary N) is 1. The van der Waals surface area contributed by atoms with Crippen LogP contribution in [0.15, 0.2) is 46.0 Å². The van der Waals surface area contributed by atoms with E-state index in [1.807, 2.05) is 0 Å². The van der Waals surface area contributed by atoms with Crippen molar-refractivity contribution < 1.29 is 14.1 Å². The number of anilines is 1. The molecule has 0 aliphatic carbocycles. The summed E-state index contributed by atoms with van der Waals surface area (Å²) in [4.78, 5) is 26.9. The van der Waals surface area contributed by atoms with Crippen molar-refractivity contribution in [2.24, 2.45) is 0 Å². The molecule has 1 heterocycles. The van der Waals surface area contributed by atoms with Crippen LogP contribution in [-0.4, -0.2) is 21.6 Å². The number of hydrogen-bond acceptors (Lipinski definition) is 6. The smallest absolute Gasteiger partial charge is 0.293 e. The Morgan fingerprint density at radius 3 is 2.92 bits per heavy atom. The molecule has 1 N–H and O–H groups in total. The van der Waals surface area contributed by atoms with Gasteiger partial charge in [-0.2, -0.15) is 0 Å². The zero-order valence-corrected chi connectivity index (χ0v) is 14.6. The topological polar surface area (TPSA) is 98.3 Å². The van der Waals surface area contributed by atoms with Crippen LogP contribution in [0.25, 0.3) is 11.1 Å². The van der Waals surface area contributed by atoms with Gasteiger partial charge >= 0.3 is 0 Å². The lowest BCUT2D eigenvalue weighted by Gasteiger charge is -2.05. The SMILES string of the molecule is Cc1ccc(NC(=O)CSc2nc3cc(Cl)ccc3o2)c([N+](=O)[O-])c1. The maximum absolute atomic E-state index is 12.1. The Bertz CT molecular complexity index is 973. The van der Waals surface area contributed by atoms with Crippen LogP contribution in [0.5, 0.6) is 0 Å². The highest BCUT2D eigenvalue weighted by molar-refractivity contribution is 7.99. The van der Waals surface area contributed by atoms with E-state index in [9.17, 15) is 14.9 Å². The van der Waals surface area contributed by atoms with Gasteiger partial charge in [0.05, 0.1) is 10.7 Å². The molecule has 128 valence electrons. The van der Waals surface area contributed by atoms with Crippen molar-refractivity contribution in [1.82, 2.24) is 4.98 Å². The minimum Gasteiger partial charge on any atom is -0.431 e. The van der Waals surface area contributed by atoms with Crippen LogP contribution in [-0.2, 0) is 4.79 Å². The number of nitrogens with zero attached hydrogens (tertiary/aromatic N) is 2. The van der Waals surface area contributed by atoms with Gasteiger partial charge in [0, 0.05) is 11.1 Å². The van der Waals surface area contributed by atoms with Crippen molar-refractivity contribution in [2.45, 2.75) is 12.1 Å². The number of nitro groups is 1. The average molecular weight is 378 g/mol. The molecule has 0 aliphatic heterocycles. The van der Waals surface area contributed by atoms with Gasteiger partial charge < -0.3 is 9.73 Å². The van der Waals surface area contributed by atoms with Crippen LogP contribution < -0.4 is 5.32 Å². The summed E-state index contributed by atoms with van der Waals surface area (Å²) in [5.41, 5.74) is 1.93. The van der Waals surface area contributed by atoms with Gasteiger partial charge in [0.15, 0.2) is 5.58 Å². The number of hydrogen-bond donors (Lipinski definition) is 1. The summed E-state index contributed by atoms with van der Waals surface area (Å²) in [5.74, 6) is -0.386. The Hall–Kier alpha value is -2.58. The van der Waals surface area contributed by atoms with Gasteiger partial charge in [-0.3, -0.25) is 14.9 Å². The first kappa shape index (κ1) is 17.2. The molecule has 0 unspecified atom stereocenters. The molecular formula is C16H12ClN3O4S. The van der Waals surface area contributed by atoms with E-state index in [1.165, 1.54) is 12.1 Å². The highest BCUT2D eigenvalue weighted by Gasteiger charge is 2.17. The molecule has 1 aromatic heterocycles. The minimum atomic E-state index is -0.527. The Kier molecular flexibility index (Phi) is 4.91. The van der Waals surface area contributed by atoms with Gasteiger partial charge in [0.25, 0.3) is 10.9 Å². The maximum Gasteiger partial charge on any atom is 0.293 e. The highest BCUT2D eigenvalue weighted by Crippen LogP contribution is 2.27. The Labute approximate surface area is 151 Å². The number of rotatable bonds is 5. The Balaban J connectivity index is 1.67. The monoisotopic (exact) mass is 377 g/mol. The lowest BCUT2D eigenvalue weighted by atomic mass is 10.2. The lowest BCUT2D eigenvalue weighted by molar-refractivity contribution is -0.384. The molecule has 0 saturated carbocycles. The molecule has 0 atom stereocenters. The van der Waals surface area contributed by atoms with Crippen molar-refractivity contribution in [3.8, 4) is 0 Å². The molecule has 3 rings (SSSR count). The minimum absolute atomic E-state index is 0.00554. The van der Waals surface area contributed by atoms with E-state index in [0.29, 0.717) is 21.3 Å². The zero-order chi connectivity index (χ0) is 18.0. The zero-order valence-electron chi connectivity index (χ0n) is 13.0. The molecule has 25 heavy (non-hydrogen) atoms. The summed E-state index contributed by atoms with van der Waals surface area (Å²) in [6.07, 6.45) is 0. The number of thioether (sulfide) groups is 1. The predicted octanol–water partition coefficient (Wildman–Crippen LogP) is 4.43. The van der Waals surface area contributed by atoms with Crippen LogP contribution >= 0.6 is 23.4 Å². The van der Waals surface area contributed by atoms with Gasteiger partial charge in [-0.05, 0) is 36.8 Å². The van der Waals surface area contributed by atoms with Gasteiger partial charge in [0.2, 0.25) is 5.91 Å². The highest BCUT2D eigenvalue weighted by atomic mass is 35.5. The number of carbonyl (C=O) groups is 1. The van der Waals surface area contributed by atoms with Crippen molar-refractivity contribution in [2.75, 3.05) is 11.1 Å². The van der Waals surface area contributed by atoms with E-state index >= 15 is 0 Å². The average Bonchev–Trinajstić information content (AvgIpc) is 2.96. The van der Waals surface area contributed by atoms with E-state index in [2.05, 4.69) is 10.3 Å². The van der Waals surface area contributed by atoms with Crippen molar-refractivity contribution in [3.63, 3.8) is 0 Å². The molecule has 9 heteroatoms. The number of carbonyl (C=O) groups excluding carboxylic acids is 1. The fraction of sp³-hybridized carbons (Fsp3) is 0.125. The number of amides is 1. The molecule has 0 aliphatic rings. The first-order valence-electron chi connectivity index (χ1n) is 7.16. The third-order valence-corrected chi connectivity index (χ3v) is 4.34. The molecule has 3 aromatic rings. The van der Waals surface area contributed by atoms with E-state index < -0.39 is 10.8 Å². The van der Waals surface area contributed by atoms with E-state index in [-0.39, 0.29) is 17.1 Å². The van der Waals surface area contributed by atoms with E-state index in [0.717, 1.165) is 17.3 Å². The molecule has 0 radical (unpaired) electrons. The molecule has 0 fully saturated rings. The predicted molar refractivity (Wildman–Crippen MR) is 96.2 cm³/mol. The summed E-state index contributed by atoms with van der Waals surface area (Å²) in [6, 6.07) is 9.67. The molecule has 7 nitrogen and oxygen atoms in total. The number of nitro benzene ring substituents is 1. The Morgan fingerprint density at radius 2 is 2.16 bits per heavy atom. The fourth-order valence-electron chi connectivity index (χ4n) is 2.15. The summed E-state index contributed by atoms with van der Waals surface area (Å²) in [7, 11) is 0. The van der Waals surface area contributed by atoms with Crippen molar-refractivity contribution in [1.29, 1.82) is 0 Å². The number of fused-ring (bicyclic) bond motifs is 1. The van der Waals surface area contributed by atoms with Crippen LogP contribution in [0, 0.1) is 17.0 Å². The maximum atomic E-state index is 12.1. The summed E-state index contributed by atoms with van der Waals surface area (Å²) in [5, 5.41) is 14.5. The largest absolute Gasteiger partial charge is 0.431 e. The summed E-state index contributed by atoms with van der Waals surface area (Å²) >= 11 is 6.98. The molecule has 0 saturated heterocycles. The third-order valence-electron chi connectivity index (χ3n) is 3.28. The van der Waals surface area contributed by atoms with E-state index in [4.69, 9.17) is 16.0 Å². The number of aryl methyl sites for hydroxylation is 1. The molecule has 0 bridgehead atoms. The second-order valence-corrected chi connectivity index (χ2v) is 6.57. The quantitative estimate of drug-likeness (QED) is 0.401. The molecule has 2 aromatic carbocycles. The van der Waals surface area contributed by atoms with Crippen LogP contribution in [0.2, 0.25) is 5.02 Å². The Morgan fingerprint density at radius 1 is 1.36 bits per heavy atom. The van der Waals surface area contributed by atoms with Crippen LogP contribution in [0.1, 0.15) is 5.56 Å². The van der Waals surface area contributed by atoms with Gasteiger partial charge in [-0.25, -0.2) is 4.98 Å². The second kappa shape index (κ2) is 7.12. The van der Waals surface area contributed by atoms with Gasteiger partial charge in [-0.1, -0.05) is 29.4 Å². The number of oxazole rings is 1. The first-order chi connectivity index (χ1) is 11.9. The van der Waals surface area contributed by atoms with Gasteiger partial charge in [0.1, 0.15) is 11.2 Å². The van der Waals surface area contributed by atoms with Gasteiger partial charge in [-0.15, -0.1) is 0 Å².